The van der Waals surface area contributed by atoms with Gasteiger partial charge in [0.25, 0.3) is 0 Å². The van der Waals surface area contributed by atoms with Gasteiger partial charge in [0.05, 0.1) is 10.0 Å². The first-order valence-electron chi connectivity index (χ1n) is 7.47. The lowest BCUT2D eigenvalue weighted by atomic mass is 10.1. The highest BCUT2D eigenvalue weighted by Crippen LogP contribution is 2.36. The van der Waals surface area contributed by atoms with E-state index in [1.165, 1.54) is 35.2 Å². The first-order valence-corrected chi connectivity index (χ1v) is 8.26. The highest BCUT2D eigenvalue weighted by molar-refractivity contribution is 9.10. The molecule has 0 saturated heterocycles. The lowest BCUT2D eigenvalue weighted by Crippen LogP contribution is -2.12. The van der Waals surface area contributed by atoms with Gasteiger partial charge in [-0.2, -0.15) is 13.2 Å². The smallest absolute Gasteiger partial charge is 0.417 e. The van der Waals surface area contributed by atoms with Crippen molar-refractivity contribution in [1.82, 2.24) is 24.7 Å². The molecular formula is C16H13BrF3N5O. The van der Waals surface area contributed by atoms with Crippen molar-refractivity contribution in [3.8, 4) is 17.4 Å². The van der Waals surface area contributed by atoms with Crippen LogP contribution in [0.15, 0.2) is 41.1 Å². The summed E-state index contributed by atoms with van der Waals surface area (Å²) in [7, 11) is 1.58. The average molecular weight is 428 g/mol. The third kappa shape index (κ3) is 3.69. The quantitative estimate of drug-likeness (QED) is 0.624. The molecule has 0 amide bonds. The minimum atomic E-state index is -4.49. The SMILES string of the molecule is C[C@H](Oc1ncc(Br)cn1)c1nnc(-c2ccccc2C(F)(F)F)n1C. The van der Waals surface area contributed by atoms with Crippen LogP contribution in [0.4, 0.5) is 13.2 Å². The molecule has 0 aliphatic rings. The molecule has 0 unspecified atom stereocenters. The van der Waals surface area contributed by atoms with E-state index in [4.69, 9.17) is 4.74 Å². The van der Waals surface area contributed by atoms with Gasteiger partial charge < -0.3 is 9.30 Å². The van der Waals surface area contributed by atoms with Crippen LogP contribution in [-0.2, 0) is 13.2 Å². The molecule has 3 rings (SSSR count). The van der Waals surface area contributed by atoms with E-state index < -0.39 is 17.8 Å². The van der Waals surface area contributed by atoms with Crippen LogP contribution in [0, 0.1) is 0 Å². The van der Waals surface area contributed by atoms with Crippen molar-refractivity contribution in [3.63, 3.8) is 0 Å². The molecule has 0 spiro atoms. The van der Waals surface area contributed by atoms with Gasteiger partial charge in [-0.25, -0.2) is 9.97 Å². The van der Waals surface area contributed by atoms with E-state index in [0.29, 0.717) is 10.3 Å². The second-order valence-corrected chi connectivity index (χ2v) is 6.34. The molecule has 0 fully saturated rings. The monoisotopic (exact) mass is 427 g/mol. The van der Waals surface area contributed by atoms with Crippen molar-refractivity contribution in [2.75, 3.05) is 0 Å². The Labute approximate surface area is 155 Å². The predicted molar refractivity (Wildman–Crippen MR) is 90.2 cm³/mol. The van der Waals surface area contributed by atoms with E-state index in [9.17, 15) is 13.2 Å². The van der Waals surface area contributed by atoms with E-state index in [0.717, 1.165) is 6.07 Å². The zero-order valence-corrected chi connectivity index (χ0v) is 15.3. The molecule has 3 aromatic rings. The summed E-state index contributed by atoms with van der Waals surface area (Å²) in [6.45, 7) is 1.69. The second kappa shape index (κ2) is 7.02. The van der Waals surface area contributed by atoms with Crippen molar-refractivity contribution in [2.45, 2.75) is 19.2 Å². The first kappa shape index (κ1) is 18.3. The number of benzene rings is 1. The number of nitrogens with zero attached hydrogens (tertiary/aromatic N) is 5. The Morgan fingerprint density at radius 2 is 1.77 bits per heavy atom. The summed E-state index contributed by atoms with van der Waals surface area (Å²) in [6, 6.07) is 5.36. The molecule has 10 heteroatoms. The van der Waals surface area contributed by atoms with Gasteiger partial charge in [0.15, 0.2) is 17.8 Å². The fourth-order valence-electron chi connectivity index (χ4n) is 2.43. The summed E-state index contributed by atoms with van der Waals surface area (Å²) in [4.78, 5) is 8.00. The normalized spacial score (nSPS) is 12.8. The highest BCUT2D eigenvalue weighted by atomic mass is 79.9. The lowest BCUT2D eigenvalue weighted by Gasteiger charge is -2.14. The maximum Gasteiger partial charge on any atom is 0.417 e. The number of hydrogen-bond donors (Lipinski definition) is 0. The first-order chi connectivity index (χ1) is 12.3. The van der Waals surface area contributed by atoms with E-state index in [-0.39, 0.29) is 17.4 Å². The topological polar surface area (TPSA) is 65.7 Å². The number of alkyl halides is 3. The fourth-order valence-corrected chi connectivity index (χ4v) is 2.63. The number of hydrogen-bond acceptors (Lipinski definition) is 5. The van der Waals surface area contributed by atoms with Crippen molar-refractivity contribution < 1.29 is 17.9 Å². The molecule has 2 aromatic heterocycles. The Kier molecular flexibility index (Phi) is 4.94. The van der Waals surface area contributed by atoms with Gasteiger partial charge >= 0.3 is 12.2 Å². The van der Waals surface area contributed by atoms with Crippen LogP contribution in [0.3, 0.4) is 0 Å². The Morgan fingerprint density at radius 3 is 2.42 bits per heavy atom. The van der Waals surface area contributed by atoms with Crippen molar-refractivity contribution >= 4 is 15.9 Å². The Morgan fingerprint density at radius 1 is 1.12 bits per heavy atom. The van der Waals surface area contributed by atoms with Gasteiger partial charge in [0.1, 0.15) is 0 Å². The van der Waals surface area contributed by atoms with Crippen LogP contribution < -0.4 is 4.74 Å². The van der Waals surface area contributed by atoms with E-state index >= 15 is 0 Å². The minimum absolute atomic E-state index is 0.0478. The van der Waals surface area contributed by atoms with Crippen LogP contribution in [0.2, 0.25) is 0 Å². The molecule has 0 saturated carbocycles. The van der Waals surface area contributed by atoms with E-state index in [1.54, 1.807) is 14.0 Å². The van der Waals surface area contributed by atoms with Gasteiger partial charge in [-0.1, -0.05) is 18.2 Å². The summed E-state index contributed by atoms with van der Waals surface area (Å²) in [5.41, 5.74) is -0.819. The molecule has 2 heterocycles. The Balaban J connectivity index is 1.92. The molecule has 1 atom stereocenters. The fraction of sp³-hybridized carbons (Fsp3) is 0.250. The lowest BCUT2D eigenvalue weighted by molar-refractivity contribution is -0.137. The molecule has 136 valence electrons. The van der Waals surface area contributed by atoms with Crippen molar-refractivity contribution in [1.29, 1.82) is 0 Å². The molecule has 1 aromatic carbocycles. The third-order valence-corrected chi connectivity index (χ3v) is 4.03. The second-order valence-electron chi connectivity index (χ2n) is 5.43. The molecule has 26 heavy (non-hydrogen) atoms. The van der Waals surface area contributed by atoms with Crippen molar-refractivity contribution in [2.24, 2.45) is 7.05 Å². The Bertz CT molecular complexity index is 911. The molecular weight excluding hydrogens is 415 g/mol. The van der Waals surface area contributed by atoms with Crippen LogP contribution in [0.5, 0.6) is 6.01 Å². The average Bonchev–Trinajstić information content (AvgIpc) is 2.98. The zero-order chi connectivity index (χ0) is 18.9. The van der Waals surface area contributed by atoms with E-state index in [2.05, 4.69) is 36.1 Å². The van der Waals surface area contributed by atoms with Gasteiger partial charge in [-0.15, -0.1) is 10.2 Å². The number of rotatable bonds is 4. The van der Waals surface area contributed by atoms with Crippen LogP contribution in [0.25, 0.3) is 11.4 Å². The third-order valence-electron chi connectivity index (χ3n) is 3.62. The van der Waals surface area contributed by atoms with Gasteiger partial charge in [-0.3, -0.25) is 0 Å². The maximum absolute atomic E-state index is 13.2. The van der Waals surface area contributed by atoms with Gasteiger partial charge in [-0.05, 0) is 28.9 Å². The summed E-state index contributed by atoms with van der Waals surface area (Å²) in [5.74, 6) is 0.448. The number of ether oxygens (including phenoxy) is 1. The standard InChI is InChI=1S/C16H13BrF3N5O/c1-9(26-15-21-7-10(17)8-22-15)13-23-24-14(25(13)2)11-5-3-4-6-12(11)16(18,19)20/h3-9H,1-2H3/t9-/m0/s1. The molecule has 0 radical (unpaired) electrons. The van der Waals surface area contributed by atoms with Crippen LogP contribution in [-0.4, -0.2) is 24.7 Å². The maximum atomic E-state index is 13.2. The number of aromatic nitrogens is 5. The molecule has 0 bridgehead atoms. The zero-order valence-electron chi connectivity index (χ0n) is 13.7. The number of halogens is 4. The molecule has 0 aliphatic carbocycles. The molecule has 0 aliphatic heterocycles. The summed E-state index contributed by atoms with van der Waals surface area (Å²) >= 11 is 3.22. The Hall–Kier alpha value is -2.49. The van der Waals surface area contributed by atoms with Crippen molar-refractivity contribution in [3.05, 3.63) is 52.5 Å². The molecule has 6 nitrogen and oxygen atoms in total. The minimum Gasteiger partial charge on any atom is -0.452 e. The molecule has 0 N–H and O–H groups in total. The van der Waals surface area contributed by atoms with E-state index in [1.807, 2.05) is 0 Å². The highest BCUT2D eigenvalue weighted by Gasteiger charge is 2.34. The van der Waals surface area contributed by atoms with Crippen LogP contribution >= 0.6 is 15.9 Å². The predicted octanol–water partition coefficient (Wildman–Crippen LogP) is 4.19. The van der Waals surface area contributed by atoms with Crippen LogP contribution in [0.1, 0.15) is 24.4 Å². The summed E-state index contributed by atoms with van der Waals surface area (Å²) < 4.78 is 47.5. The van der Waals surface area contributed by atoms with Gasteiger partial charge in [0, 0.05) is 25.0 Å². The summed E-state index contributed by atoms with van der Waals surface area (Å²) in [5, 5.41) is 7.91. The summed E-state index contributed by atoms with van der Waals surface area (Å²) in [6.07, 6.45) is -2.05. The largest absolute Gasteiger partial charge is 0.452 e. The van der Waals surface area contributed by atoms with Gasteiger partial charge in [0.2, 0.25) is 0 Å².